The van der Waals surface area contributed by atoms with E-state index in [0.717, 1.165) is 10.5 Å². The largest absolute Gasteiger partial charge is 0.325 e. The summed E-state index contributed by atoms with van der Waals surface area (Å²) in [4.78, 5) is 54.3. The van der Waals surface area contributed by atoms with Gasteiger partial charge in [0.2, 0.25) is 5.91 Å². The van der Waals surface area contributed by atoms with E-state index in [1.54, 1.807) is 42.5 Å². The number of hydrogen-bond donors (Lipinski definition) is 1. The average molecular weight is 403 g/mol. The minimum Gasteiger partial charge on any atom is -0.325 e. The van der Waals surface area contributed by atoms with Crippen LogP contribution in [-0.2, 0) is 9.59 Å². The van der Waals surface area contributed by atoms with Crippen LogP contribution >= 0.6 is 0 Å². The molecule has 4 amide bonds. The Kier molecular flexibility index (Phi) is 4.61. The first kappa shape index (κ1) is 19.7. The summed E-state index contributed by atoms with van der Waals surface area (Å²) in [6.07, 6.45) is 6.87. The van der Waals surface area contributed by atoms with E-state index >= 15 is 0 Å². The van der Waals surface area contributed by atoms with Crippen LogP contribution in [-0.4, -0.2) is 40.8 Å². The zero-order valence-corrected chi connectivity index (χ0v) is 16.9. The Labute approximate surface area is 173 Å². The van der Waals surface area contributed by atoms with Crippen LogP contribution in [0.5, 0.6) is 0 Å². The maximum Gasteiger partial charge on any atom is 0.266 e. The number of carbonyl (C=O) groups is 4. The van der Waals surface area contributed by atoms with E-state index in [2.05, 4.69) is 10.3 Å². The van der Waals surface area contributed by atoms with E-state index in [1.165, 1.54) is 0 Å². The maximum atomic E-state index is 12.5. The predicted molar refractivity (Wildman–Crippen MR) is 111 cm³/mol. The fourth-order valence-corrected chi connectivity index (χ4v) is 3.84. The van der Waals surface area contributed by atoms with E-state index in [0.29, 0.717) is 11.4 Å². The van der Waals surface area contributed by atoms with Crippen LogP contribution in [0.1, 0.15) is 41.5 Å². The van der Waals surface area contributed by atoms with Gasteiger partial charge in [0.05, 0.1) is 16.8 Å². The van der Waals surface area contributed by atoms with Gasteiger partial charge in [-0.15, -0.1) is 0 Å². The van der Waals surface area contributed by atoms with Crippen molar-refractivity contribution in [2.45, 2.75) is 20.8 Å². The lowest BCUT2D eigenvalue weighted by atomic mass is 9.74. The monoisotopic (exact) mass is 403 g/mol. The molecule has 7 nitrogen and oxygen atoms in total. The lowest BCUT2D eigenvalue weighted by Crippen LogP contribution is -2.37. The highest BCUT2D eigenvalue weighted by atomic mass is 16.2. The number of benzene rings is 1. The van der Waals surface area contributed by atoms with Crippen molar-refractivity contribution in [3.05, 3.63) is 71.0 Å². The second-order valence-electron chi connectivity index (χ2n) is 8.45. The summed E-state index contributed by atoms with van der Waals surface area (Å²) in [7, 11) is 0. The predicted octanol–water partition coefficient (Wildman–Crippen LogP) is 2.42. The molecule has 30 heavy (non-hydrogen) atoms. The third-order valence-corrected chi connectivity index (χ3v) is 5.28. The number of imide groups is 1. The van der Waals surface area contributed by atoms with Crippen LogP contribution in [0.15, 0.2) is 64.8 Å². The van der Waals surface area contributed by atoms with Crippen LogP contribution in [0.4, 0.5) is 0 Å². The molecule has 3 aliphatic rings. The molecular formula is C23H21N3O4. The molecule has 0 saturated carbocycles. The van der Waals surface area contributed by atoms with Gasteiger partial charge < -0.3 is 5.32 Å². The third-order valence-electron chi connectivity index (χ3n) is 5.28. The zero-order chi connectivity index (χ0) is 21.6. The van der Waals surface area contributed by atoms with Gasteiger partial charge in [-0.3, -0.25) is 24.1 Å². The Morgan fingerprint density at radius 2 is 1.70 bits per heavy atom. The van der Waals surface area contributed by atoms with Gasteiger partial charge >= 0.3 is 0 Å². The molecule has 7 heteroatoms. The molecule has 1 unspecified atom stereocenters. The SMILES string of the molecule is CC(C)(C)C1=CC(=O)NC2=CC(=NC(=O)CN3C(=O)c4ccccc4C3=O)C=CC21. The molecule has 2 heterocycles. The highest BCUT2D eigenvalue weighted by molar-refractivity contribution is 6.22. The normalized spacial score (nSPS) is 21.8. The molecule has 0 aromatic heterocycles. The van der Waals surface area contributed by atoms with Crippen molar-refractivity contribution in [3.63, 3.8) is 0 Å². The third kappa shape index (κ3) is 3.43. The van der Waals surface area contributed by atoms with E-state index < -0.39 is 24.3 Å². The summed E-state index contributed by atoms with van der Waals surface area (Å²) in [6, 6.07) is 6.46. The van der Waals surface area contributed by atoms with Crippen molar-refractivity contribution in [1.29, 1.82) is 0 Å². The van der Waals surface area contributed by atoms with Gasteiger partial charge in [-0.1, -0.05) is 39.0 Å². The van der Waals surface area contributed by atoms with Crippen molar-refractivity contribution in [2.75, 3.05) is 6.54 Å². The summed E-state index contributed by atoms with van der Waals surface area (Å²) in [5.74, 6) is -1.92. The van der Waals surface area contributed by atoms with Gasteiger partial charge in [-0.05, 0) is 35.3 Å². The first-order valence-electron chi connectivity index (χ1n) is 9.65. The molecule has 0 fully saturated rings. The minimum atomic E-state index is -0.617. The quantitative estimate of drug-likeness (QED) is 0.767. The second-order valence-corrected chi connectivity index (χ2v) is 8.45. The molecule has 1 aromatic rings. The summed E-state index contributed by atoms with van der Waals surface area (Å²) in [5.41, 5.74) is 2.38. The van der Waals surface area contributed by atoms with Crippen LogP contribution in [0.25, 0.3) is 0 Å². The Morgan fingerprint density at radius 3 is 2.30 bits per heavy atom. The Hall–Kier alpha value is -3.61. The summed E-state index contributed by atoms with van der Waals surface area (Å²) >= 11 is 0. The zero-order valence-electron chi connectivity index (χ0n) is 16.9. The molecule has 1 atom stereocenters. The Balaban J connectivity index is 1.53. The number of fused-ring (bicyclic) bond motifs is 2. The lowest BCUT2D eigenvalue weighted by molar-refractivity contribution is -0.118. The van der Waals surface area contributed by atoms with Gasteiger partial charge in [-0.2, -0.15) is 0 Å². The summed E-state index contributed by atoms with van der Waals surface area (Å²) < 4.78 is 0. The number of aliphatic imine (C=N–C) groups is 1. The molecule has 152 valence electrons. The first-order valence-corrected chi connectivity index (χ1v) is 9.65. The van der Waals surface area contributed by atoms with E-state index in [-0.39, 0.29) is 28.4 Å². The van der Waals surface area contributed by atoms with Gasteiger partial charge in [0, 0.05) is 17.7 Å². The van der Waals surface area contributed by atoms with E-state index in [9.17, 15) is 19.2 Å². The number of hydrogen-bond acceptors (Lipinski definition) is 4. The molecule has 0 saturated heterocycles. The molecule has 1 aromatic carbocycles. The Bertz CT molecular complexity index is 1080. The second kappa shape index (κ2) is 7.02. The summed E-state index contributed by atoms with van der Waals surface area (Å²) in [5, 5.41) is 2.81. The molecule has 0 radical (unpaired) electrons. The van der Waals surface area contributed by atoms with E-state index in [4.69, 9.17) is 0 Å². The van der Waals surface area contributed by atoms with Crippen molar-refractivity contribution in [2.24, 2.45) is 16.3 Å². The molecule has 0 spiro atoms. The van der Waals surface area contributed by atoms with E-state index in [1.807, 2.05) is 26.8 Å². The van der Waals surface area contributed by atoms with Crippen LogP contribution < -0.4 is 5.32 Å². The highest BCUT2D eigenvalue weighted by Gasteiger charge is 2.36. The average Bonchev–Trinajstić information content (AvgIpc) is 2.91. The van der Waals surface area contributed by atoms with Gasteiger partial charge in [-0.25, -0.2) is 4.99 Å². The minimum absolute atomic E-state index is 0.0898. The molecule has 0 bridgehead atoms. The van der Waals surface area contributed by atoms with Gasteiger partial charge in [0.25, 0.3) is 17.7 Å². The van der Waals surface area contributed by atoms with Gasteiger partial charge in [0.1, 0.15) is 6.54 Å². The number of amides is 4. The highest BCUT2D eigenvalue weighted by Crippen LogP contribution is 2.38. The van der Waals surface area contributed by atoms with Crippen molar-refractivity contribution in [1.82, 2.24) is 10.2 Å². The van der Waals surface area contributed by atoms with Gasteiger partial charge in [0.15, 0.2) is 0 Å². The molecule has 1 N–H and O–H groups in total. The number of carbonyl (C=O) groups excluding carboxylic acids is 4. The fraction of sp³-hybridized carbons (Fsp3) is 0.261. The van der Waals surface area contributed by atoms with Crippen LogP contribution in [0, 0.1) is 11.3 Å². The molecule has 2 aliphatic heterocycles. The number of rotatable bonds is 2. The molecular weight excluding hydrogens is 382 g/mol. The van der Waals surface area contributed by atoms with Crippen LogP contribution in [0.3, 0.4) is 0 Å². The standard InChI is InChI=1S/C23H21N3O4/c1-23(2,3)17-11-19(27)25-18-10-13(8-9-16(17)18)24-20(28)12-26-21(29)14-6-4-5-7-15(14)22(26)30/h4-11,16H,12H2,1-3H3,(H,25,27). The number of allylic oxidation sites excluding steroid dienone is 3. The lowest BCUT2D eigenvalue weighted by Gasteiger charge is -2.34. The molecule has 1 aliphatic carbocycles. The summed E-state index contributed by atoms with van der Waals surface area (Å²) in [6.45, 7) is 5.68. The number of nitrogens with zero attached hydrogens (tertiary/aromatic N) is 2. The Morgan fingerprint density at radius 1 is 1.07 bits per heavy atom. The van der Waals surface area contributed by atoms with Crippen molar-refractivity contribution in [3.8, 4) is 0 Å². The number of nitrogens with one attached hydrogen (secondary N) is 1. The first-order chi connectivity index (χ1) is 14.1. The topological polar surface area (TPSA) is 95.9 Å². The van der Waals surface area contributed by atoms with Crippen LogP contribution in [0.2, 0.25) is 0 Å². The smallest absolute Gasteiger partial charge is 0.266 e. The molecule has 4 rings (SSSR count). The van der Waals surface area contributed by atoms with Crippen molar-refractivity contribution < 1.29 is 19.2 Å². The fourth-order valence-electron chi connectivity index (χ4n) is 3.84. The maximum absolute atomic E-state index is 12.5. The van der Waals surface area contributed by atoms with Crippen molar-refractivity contribution >= 4 is 29.3 Å².